The van der Waals surface area contributed by atoms with Gasteiger partial charge < -0.3 is 0 Å². The van der Waals surface area contributed by atoms with E-state index >= 15 is 0 Å². The molecule has 0 atom stereocenters. The Morgan fingerprint density at radius 1 is 1.18 bits per heavy atom. The number of benzene rings is 1. The van der Waals surface area contributed by atoms with E-state index in [2.05, 4.69) is 16.9 Å². The Morgan fingerprint density at radius 2 is 2.00 bits per heavy atom. The number of thiazole rings is 1. The van der Waals surface area contributed by atoms with Crippen molar-refractivity contribution in [3.63, 3.8) is 0 Å². The predicted octanol–water partition coefficient (Wildman–Crippen LogP) is 5.64. The Hall–Kier alpha value is -1.93. The van der Waals surface area contributed by atoms with Crippen molar-refractivity contribution in [2.24, 2.45) is 0 Å². The summed E-state index contributed by atoms with van der Waals surface area (Å²) in [5, 5.41) is 7.12. The van der Waals surface area contributed by atoms with Gasteiger partial charge in [-0.3, -0.25) is 9.36 Å². The maximum absolute atomic E-state index is 12.7. The van der Waals surface area contributed by atoms with E-state index in [0.717, 1.165) is 27.0 Å². The van der Waals surface area contributed by atoms with E-state index in [-0.39, 0.29) is 5.56 Å². The number of aromatic nitrogens is 3. The molecule has 0 fully saturated rings. The minimum absolute atomic E-state index is 0.0182. The van der Waals surface area contributed by atoms with Gasteiger partial charge in [-0.15, -0.1) is 29.3 Å². The van der Waals surface area contributed by atoms with Crippen molar-refractivity contribution < 1.29 is 0 Å². The fourth-order valence-electron chi connectivity index (χ4n) is 2.74. The highest BCUT2D eigenvalue weighted by Gasteiger charge is 2.13. The van der Waals surface area contributed by atoms with E-state index in [0.29, 0.717) is 22.8 Å². The smallest absolute Gasteiger partial charge is 0.263 e. The molecule has 0 amide bonds. The van der Waals surface area contributed by atoms with Crippen LogP contribution in [0.15, 0.2) is 63.7 Å². The maximum atomic E-state index is 12.7. The second-order valence-corrected chi connectivity index (χ2v) is 9.28. The van der Waals surface area contributed by atoms with Gasteiger partial charge in [0.2, 0.25) is 0 Å². The fraction of sp³-hybridized carbons (Fsp3) is 0.150. The van der Waals surface area contributed by atoms with Crippen LogP contribution in [0.5, 0.6) is 0 Å². The number of nitrogens with zero attached hydrogens (tertiary/aromatic N) is 3. The minimum Gasteiger partial charge on any atom is -0.283 e. The van der Waals surface area contributed by atoms with Crippen LogP contribution in [0.25, 0.3) is 10.2 Å². The number of hydrogen-bond donors (Lipinski definition) is 0. The van der Waals surface area contributed by atoms with Crippen LogP contribution in [0.4, 0.5) is 0 Å². The summed E-state index contributed by atoms with van der Waals surface area (Å²) in [6, 6.07) is 9.66. The van der Waals surface area contributed by atoms with Crippen molar-refractivity contribution in [1.29, 1.82) is 0 Å². The van der Waals surface area contributed by atoms with E-state index in [1.165, 1.54) is 28.7 Å². The minimum atomic E-state index is -0.0182. The molecule has 3 heterocycles. The summed E-state index contributed by atoms with van der Waals surface area (Å²) in [5.41, 5.74) is 2.16. The first-order valence-electron chi connectivity index (χ1n) is 8.53. The number of hydrogen-bond acceptors (Lipinski definition) is 6. The third kappa shape index (κ3) is 4.22. The van der Waals surface area contributed by atoms with Gasteiger partial charge in [0.15, 0.2) is 5.16 Å². The first kappa shape index (κ1) is 19.4. The molecule has 4 rings (SSSR count). The van der Waals surface area contributed by atoms with Crippen molar-refractivity contribution in [2.45, 2.75) is 23.9 Å². The van der Waals surface area contributed by atoms with Gasteiger partial charge in [0.05, 0.1) is 16.1 Å². The molecule has 0 saturated heterocycles. The highest BCUT2D eigenvalue weighted by Crippen LogP contribution is 2.25. The molecule has 0 N–H and O–H groups in total. The molecule has 4 aromatic rings. The van der Waals surface area contributed by atoms with E-state index in [9.17, 15) is 4.79 Å². The second kappa shape index (κ2) is 8.61. The molecule has 0 spiro atoms. The molecule has 0 aliphatic rings. The molecule has 4 nitrogen and oxygen atoms in total. The summed E-state index contributed by atoms with van der Waals surface area (Å²) in [6.45, 7) is 4.20. The first-order valence-corrected chi connectivity index (χ1v) is 11.7. The highest BCUT2D eigenvalue weighted by molar-refractivity contribution is 7.98. The summed E-state index contributed by atoms with van der Waals surface area (Å²) in [7, 11) is 0. The molecule has 8 heteroatoms. The lowest BCUT2D eigenvalue weighted by Gasteiger charge is -2.09. The van der Waals surface area contributed by atoms with Crippen LogP contribution in [-0.4, -0.2) is 14.5 Å². The largest absolute Gasteiger partial charge is 0.283 e. The normalized spacial score (nSPS) is 11.2. The summed E-state index contributed by atoms with van der Waals surface area (Å²) < 4.78 is 1.67. The van der Waals surface area contributed by atoms with Gasteiger partial charge in [-0.1, -0.05) is 41.6 Å². The van der Waals surface area contributed by atoms with E-state index in [1.54, 1.807) is 22.0 Å². The number of halogens is 1. The van der Waals surface area contributed by atoms with Crippen molar-refractivity contribution in [3.05, 3.63) is 85.4 Å². The lowest BCUT2D eigenvalue weighted by molar-refractivity contribution is 0.672. The third-order valence-electron chi connectivity index (χ3n) is 4.08. The average Bonchev–Trinajstić information content (AvgIpc) is 3.34. The van der Waals surface area contributed by atoms with Crippen molar-refractivity contribution >= 4 is 56.3 Å². The van der Waals surface area contributed by atoms with Crippen LogP contribution in [0, 0.1) is 0 Å². The molecular weight excluding hydrogens is 430 g/mol. The molecule has 3 aromatic heterocycles. The number of allylic oxidation sites excluding steroid dienone is 1. The second-order valence-electron chi connectivity index (χ2n) is 6.06. The van der Waals surface area contributed by atoms with E-state index in [4.69, 9.17) is 16.6 Å². The van der Waals surface area contributed by atoms with E-state index in [1.807, 2.05) is 35.7 Å². The number of thioether (sulfide) groups is 1. The average molecular weight is 446 g/mol. The molecule has 0 aliphatic carbocycles. The zero-order valence-electron chi connectivity index (χ0n) is 14.8. The zero-order valence-corrected chi connectivity index (χ0v) is 18.0. The monoisotopic (exact) mass is 445 g/mol. The number of thiophene rings is 1. The van der Waals surface area contributed by atoms with Crippen LogP contribution in [0.1, 0.15) is 16.3 Å². The van der Waals surface area contributed by atoms with Crippen LogP contribution in [0.2, 0.25) is 5.02 Å². The molecular formula is C20H16ClN3OS3. The molecule has 0 saturated carbocycles. The van der Waals surface area contributed by atoms with Gasteiger partial charge in [0.1, 0.15) is 4.83 Å². The van der Waals surface area contributed by atoms with Crippen molar-refractivity contribution in [1.82, 2.24) is 14.5 Å². The maximum Gasteiger partial charge on any atom is 0.263 e. The number of fused-ring (bicyclic) bond motifs is 1. The Morgan fingerprint density at radius 3 is 2.79 bits per heavy atom. The quantitative estimate of drug-likeness (QED) is 0.210. The summed E-state index contributed by atoms with van der Waals surface area (Å²) in [6.07, 6.45) is 2.51. The van der Waals surface area contributed by atoms with Gasteiger partial charge in [-0.25, -0.2) is 9.97 Å². The Kier molecular flexibility index (Phi) is 5.96. The van der Waals surface area contributed by atoms with Crippen LogP contribution < -0.4 is 5.56 Å². The SMILES string of the molecule is C=CCn1c(SCc2csc(Cc3ccc(Cl)cc3)n2)nc2sccc2c1=O. The van der Waals surface area contributed by atoms with Gasteiger partial charge in [-0.05, 0) is 29.1 Å². The van der Waals surface area contributed by atoms with Crippen molar-refractivity contribution in [2.75, 3.05) is 0 Å². The van der Waals surface area contributed by atoms with Gasteiger partial charge in [-0.2, -0.15) is 0 Å². The Labute approximate surface area is 179 Å². The lowest BCUT2D eigenvalue weighted by atomic mass is 10.2. The molecule has 0 unspecified atom stereocenters. The summed E-state index contributed by atoms with van der Waals surface area (Å²) in [5.74, 6) is 0.664. The zero-order chi connectivity index (χ0) is 19.5. The molecule has 28 heavy (non-hydrogen) atoms. The van der Waals surface area contributed by atoms with Gasteiger partial charge in [0.25, 0.3) is 5.56 Å². The molecule has 0 radical (unpaired) electrons. The van der Waals surface area contributed by atoms with Crippen LogP contribution in [0.3, 0.4) is 0 Å². The Bertz CT molecular complexity index is 1180. The summed E-state index contributed by atoms with van der Waals surface area (Å²) >= 11 is 10.6. The van der Waals surface area contributed by atoms with Gasteiger partial charge >= 0.3 is 0 Å². The highest BCUT2D eigenvalue weighted by atomic mass is 35.5. The van der Waals surface area contributed by atoms with Gasteiger partial charge in [0, 0.05) is 29.1 Å². The molecule has 0 bridgehead atoms. The summed E-state index contributed by atoms with van der Waals surface area (Å²) in [4.78, 5) is 22.9. The topological polar surface area (TPSA) is 47.8 Å². The Balaban J connectivity index is 1.51. The van der Waals surface area contributed by atoms with Crippen LogP contribution in [-0.2, 0) is 18.7 Å². The number of rotatable bonds is 7. The van der Waals surface area contributed by atoms with E-state index < -0.39 is 0 Å². The van der Waals surface area contributed by atoms with Crippen LogP contribution >= 0.6 is 46.0 Å². The molecule has 1 aromatic carbocycles. The lowest BCUT2D eigenvalue weighted by Crippen LogP contribution is -2.22. The molecule has 0 aliphatic heterocycles. The third-order valence-corrected chi connectivity index (χ3v) is 7.04. The predicted molar refractivity (Wildman–Crippen MR) is 120 cm³/mol. The fourth-order valence-corrected chi connectivity index (χ4v) is 5.51. The van der Waals surface area contributed by atoms with Crippen molar-refractivity contribution in [3.8, 4) is 0 Å². The standard InChI is InChI=1S/C20H16ClN3OS3/c1-2-8-24-19(25)16-7-9-26-18(16)23-20(24)28-12-15-11-27-17(22-15)10-13-3-5-14(21)6-4-13/h2-7,9,11H,1,8,10,12H2. The molecule has 142 valence electrons. The first-order chi connectivity index (χ1) is 13.6.